The van der Waals surface area contributed by atoms with E-state index < -0.39 is 4.92 Å². The van der Waals surface area contributed by atoms with Gasteiger partial charge in [-0.2, -0.15) is 0 Å². The molecular weight excluding hydrogens is 192 g/mol. The van der Waals surface area contributed by atoms with Crippen molar-refractivity contribution in [2.75, 3.05) is 12.3 Å². The van der Waals surface area contributed by atoms with Gasteiger partial charge in [0.05, 0.1) is 12.0 Å². The average Bonchev–Trinajstić information content (AvgIpc) is 2.16. The summed E-state index contributed by atoms with van der Waals surface area (Å²) in [5.74, 6) is 0.0561. The first kappa shape index (κ1) is 10.2. The van der Waals surface area contributed by atoms with Crippen molar-refractivity contribution in [1.82, 2.24) is 0 Å². The van der Waals surface area contributed by atoms with E-state index in [-0.39, 0.29) is 22.4 Å². The van der Waals surface area contributed by atoms with Gasteiger partial charge in [-0.15, -0.1) is 5.23 Å². The number of methoxy groups -OCH3 is 1. The van der Waals surface area contributed by atoms with Gasteiger partial charge in [0.15, 0.2) is 5.75 Å². The Morgan fingerprint density at radius 1 is 1.50 bits per heavy atom. The van der Waals surface area contributed by atoms with Crippen molar-refractivity contribution in [3.8, 4) is 5.75 Å². The summed E-state index contributed by atoms with van der Waals surface area (Å²) >= 11 is 0. The van der Waals surface area contributed by atoms with E-state index in [0.717, 1.165) is 6.07 Å². The minimum atomic E-state index is -0.675. The second-order valence-electron chi connectivity index (χ2n) is 2.40. The number of hydrogen-bond donors (Lipinski definition) is 2. The summed E-state index contributed by atoms with van der Waals surface area (Å²) in [6.07, 6.45) is 0. The number of ether oxygens (including phenoxy) is 1. The fraction of sp³-hybridized carbons (Fsp3) is 0.143. The minimum absolute atomic E-state index is 0.0561. The summed E-state index contributed by atoms with van der Waals surface area (Å²) in [5, 5.41) is 27.5. The van der Waals surface area contributed by atoms with Crippen LogP contribution in [-0.4, -0.2) is 22.4 Å². The molecule has 0 unspecified atom stereocenters. The molecule has 0 saturated carbocycles. The van der Waals surface area contributed by atoms with E-state index in [1.807, 2.05) is 0 Å². The van der Waals surface area contributed by atoms with Gasteiger partial charge in [0.2, 0.25) is 0 Å². The predicted octanol–water partition coefficient (Wildman–Crippen LogP) is 1.19. The van der Waals surface area contributed by atoms with E-state index in [9.17, 15) is 10.1 Å². The lowest BCUT2D eigenvalue weighted by Gasteiger charge is -2.08. The molecule has 0 bridgehead atoms. The number of nitro benzene ring substituents is 1. The number of rotatable bonds is 3. The lowest BCUT2D eigenvalue weighted by Crippen LogP contribution is -2.11. The number of hydrogen-bond acceptors (Lipinski definition) is 6. The smallest absolute Gasteiger partial charge is 0.313 e. The van der Waals surface area contributed by atoms with Crippen LogP contribution in [0.4, 0.5) is 11.4 Å². The van der Waals surface area contributed by atoms with Crippen LogP contribution in [0, 0.1) is 10.1 Å². The molecule has 1 aromatic rings. The Morgan fingerprint density at radius 2 is 2.14 bits per heavy atom. The van der Waals surface area contributed by atoms with E-state index in [1.54, 1.807) is 0 Å². The third-order valence-corrected chi connectivity index (χ3v) is 1.59. The summed E-state index contributed by atoms with van der Waals surface area (Å²) in [7, 11) is 1.29. The SMILES string of the molecule is COc1ccc(N(O)O)cc1[N+](=O)[O-]. The van der Waals surface area contributed by atoms with Crippen LogP contribution in [0.1, 0.15) is 0 Å². The lowest BCUT2D eigenvalue weighted by molar-refractivity contribution is -0.385. The number of benzene rings is 1. The molecule has 0 spiro atoms. The zero-order chi connectivity index (χ0) is 10.7. The molecular formula is C7H8N2O5. The molecule has 1 rings (SSSR count). The second-order valence-corrected chi connectivity index (χ2v) is 2.40. The second kappa shape index (κ2) is 3.90. The molecule has 0 amide bonds. The number of nitro groups is 1. The molecule has 14 heavy (non-hydrogen) atoms. The topological polar surface area (TPSA) is 96.1 Å². The molecule has 0 aliphatic heterocycles. The van der Waals surface area contributed by atoms with Gasteiger partial charge in [0.25, 0.3) is 0 Å². The molecule has 1 aromatic carbocycles. The van der Waals surface area contributed by atoms with E-state index in [0.29, 0.717) is 0 Å². The van der Waals surface area contributed by atoms with Crippen molar-refractivity contribution in [3.63, 3.8) is 0 Å². The maximum absolute atomic E-state index is 10.5. The molecule has 0 aliphatic carbocycles. The standard InChI is InChI=1S/C7H8N2O5/c1-14-7-3-2-5(8(10)11)4-6(7)9(12)13/h2-4,10-11H,1H3. The van der Waals surface area contributed by atoms with Gasteiger partial charge in [0, 0.05) is 6.07 Å². The molecule has 0 fully saturated rings. The molecule has 0 radical (unpaired) electrons. The van der Waals surface area contributed by atoms with Crippen LogP contribution in [0.2, 0.25) is 0 Å². The van der Waals surface area contributed by atoms with Crippen molar-refractivity contribution in [1.29, 1.82) is 0 Å². The van der Waals surface area contributed by atoms with E-state index in [4.69, 9.17) is 15.2 Å². The van der Waals surface area contributed by atoms with Crippen LogP contribution in [0.15, 0.2) is 18.2 Å². The Balaban J connectivity index is 3.21. The summed E-state index contributed by atoms with van der Waals surface area (Å²) < 4.78 is 4.72. The molecule has 2 N–H and O–H groups in total. The maximum atomic E-state index is 10.5. The fourth-order valence-electron chi connectivity index (χ4n) is 0.945. The Kier molecular flexibility index (Phi) is 2.85. The number of anilines is 1. The highest BCUT2D eigenvalue weighted by Crippen LogP contribution is 2.30. The Labute approximate surface area is 78.8 Å². The summed E-state index contributed by atoms with van der Waals surface area (Å²) in [6, 6.07) is 3.53. The summed E-state index contributed by atoms with van der Waals surface area (Å²) in [6.45, 7) is 0. The third-order valence-electron chi connectivity index (χ3n) is 1.59. The van der Waals surface area contributed by atoms with Gasteiger partial charge in [0.1, 0.15) is 5.69 Å². The first-order valence-electron chi connectivity index (χ1n) is 3.56. The van der Waals surface area contributed by atoms with Crippen molar-refractivity contribution in [3.05, 3.63) is 28.3 Å². The molecule has 0 aromatic heterocycles. The highest BCUT2D eigenvalue weighted by molar-refractivity contribution is 5.57. The minimum Gasteiger partial charge on any atom is -0.490 e. The van der Waals surface area contributed by atoms with Crippen LogP contribution in [0.5, 0.6) is 5.75 Å². The highest BCUT2D eigenvalue weighted by Gasteiger charge is 2.16. The van der Waals surface area contributed by atoms with Crippen molar-refractivity contribution >= 4 is 11.4 Å². The first-order valence-corrected chi connectivity index (χ1v) is 3.56. The summed E-state index contributed by atoms with van der Waals surface area (Å²) in [5.41, 5.74) is -0.449. The molecule has 7 nitrogen and oxygen atoms in total. The normalized spacial score (nSPS) is 9.64. The zero-order valence-electron chi connectivity index (χ0n) is 7.25. The van der Waals surface area contributed by atoms with Crippen LogP contribution in [0.3, 0.4) is 0 Å². The number of nitrogens with zero attached hydrogens (tertiary/aromatic N) is 2. The molecule has 7 heteroatoms. The molecule has 0 aliphatic rings. The van der Waals surface area contributed by atoms with E-state index in [2.05, 4.69) is 0 Å². The van der Waals surface area contributed by atoms with E-state index in [1.165, 1.54) is 19.2 Å². The van der Waals surface area contributed by atoms with Gasteiger partial charge in [-0.1, -0.05) is 0 Å². The Bertz CT molecular complexity index is 352. The van der Waals surface area contributed by atoms with Crippen LogP contribution < -0.4 is 9.96 Å². The zero-order valence-corrected chi connectivity index (χ0v) is 7.25. The Hall–Kier alpha value is -1.86. The lowest BCUT2D eigenvalue weighted by atomic mass is 10.2. The van der Waals surface area contributed by atoms with Crippen molar-refractivity contribution in [2.45, 2.75) is 0 Å². The van der Waals surface area contributed by atoms with Gasteiger partial charge in [-0.3, -0.25) is 20.5 Å². The van der Waals surface area contributed by atoms with E-state index >= 15 is 0 Å². The van der Waals surface area contributed by atoms with Crippen molar-refractivity contribution in [2.24, 2.45) is 0 Å². The quantitative estimate of drug-likeness (QED) is 0.561. The Morgan fingerprint density at radius 3 is 2.57 bits per heavy atom. The van der Waals surface area contributed by atoms with Gasteiger partial charge < -0.3 is 4.74 Å². The van der Waals surface area contributed by atoms with Gasteiger partial charge >= 0.3 is 5.69 Å². The molecule has 0 heterocycles. The third kappa shape index (κ3) is 1.90. The average molecular weight is 200 g/mol. The van der Waals surface area contributed by atoms with Gasteiger partial charge in [-0.25, -0.2) is 0 Å². The molecule has 76 valence electrons. The van der Waals surface area contributed by atoms with Crippen LogP contribution >= 0.6 is 0 Å². The fourth-order valence-corrected chi connectivity index (χ4v) is 0.945. The predicted molar refractivity (Wildman–Crippen MR) is 45.7 cm³/mol. The highest BCUT2D eigenvalue weighted by atomic mass is 16.8. The largest absolute Gasteiger partial charge is 0.490 e. The van der Waals surface area contributed by atoms with Crippen molar-refractivity contribution < 1.29 is 20.1 Å². The summed E-state index contributed by atoms with van der Waals surface area (Å²) in [4.78, 5) is 9.82. The van der Waals surface area contributed by atoms with Gasteiger partial charge in [-0.05, 0) is 12.1 Å². The maximum Gasteiger partial charge on any atom is 0.313 e. The van der Waals surface area contributed by atoms with Crippen LogP contribution in [0.25, 0.3) is 0 Å². The monoisotopic (exact) mass is 200 g/mol. The first-order chi connectivity index (χ1) is 6.56. The van der Waals surface area contributed by atoms with Crippen LogP contribution in [-0.2, 0) is 0 Å². The molecule has 0 atom stereocenters. The molecule has 0 saturated heterocycles.